The van der Waals surface area contributed by atoms with Crippen molar-refractivity contribution in [3.63, 3.8) is 0 Å². The fourth-order valence-electron chi connectivity index (χ4n) is 4.96. The smallest absolute Gasteiger partial charge is 0.264 e. The summed E-state index contributed by atoms with van der Waals surface area (Å²) in [6, 6.07) is 25.8. The minimum atomic E-state index is -4.23. The SMILES string of the molecule is CC[C@H](C)NC(=O)[C@@H](Cc1ccccc1)N(Cc1ccc(Cl)cc1Cl)C(=O)CN(c1ccc(Cl)cc1C)S(=O)(=O)c1ccccc1. The van der Waals surface area contributed by atoms with Gasteiger partial charge in [-0.25, -0.2) is 8.42 Å². The lowest BCUT2D eigenvalue weighted by molar-refractivity contribution is -0.140. The van der Waals surface area contributed by atoms with Crippen LogP contribution in [0.5, 0.6) is 0 Å². The molecule has 7 nitrogen and oxygen atoms in total. The highest BCUT2D eigenvalue weighted by molar-refractivity contribution is 7.92. The number of hydrogen-bond donors (Lipinski definition) is 1. The lowest BCUT2D eigenvalue weighted by Gasteiger charge is -2.34. The quantitative estimate of drug-likeness (QED) is 0.155. The van der Waals surface area contributed by atoms with Gasteiger partial charge in [-0.05, 0) is 79.4 Å². The average molecular weight is 701 g/mol. The van der Waals surface area contributed by atoms with Gasteiger partial charge in [-0.15, -0.1) is 0 Å². The second-order valence-corrected chi connectivity index (χ2v) is 14.2. The van der Waals surface area contributed by atoms with Crippen molar-refractivity contribution in [2.75, 3.05) is 10.8 Å². The molecule has 0 aliphatic carbocycles. The Morgan fingerprint density at radius 3 is 2.07 bits per heavy atom. The van der Waals surface area contributed by atoms with E-state index < -0.39 is 28.5 Å². The van der Waals surface area contributed by atoms with E-state index in [9.17, 15) is 18.0 Å². The third-order valence-electron chi connectivity index (χ3n) is 7.67. The third-order valence-corrected chi connectivity index (χ3v) is 10.3. The van der Waals surface area contributed by atoms with E-state index in [0.717, 1.165) is 9.87 Å². The maximum absolute atomic E-state index is 14.6. The second-order valence-electron chi connectivity index (χ2n) is 11.0. The predicted octanol–water partition coefficient (Wildman–Crippen LogP) is 7.71. The number of nitrogens with one attached hydrogen (secondary N) is 1. The molecule has 46 heavy (non-hydrogen) atoms. The summed E-state index contributed by atoms with van der Waals surface area (Å²) in [6.45, 7) is 4.90. The molecule has 0 bridgehead atoms. The highest BCUT2D eigenvalue weighted by Gasteiger charge is 2.35. The fourth-order valence-corrected chi connectivity index (χ4v) is 7.15. The van der Waals surface area contributed by atoms with E-state index in [1.807, 2.05) is 44.2 Å². The Bertz CT molecular complexity index is 1770. The number of halogens is 3. The fraction of sp³-hybridized carbons (Fsp3) is 0.257. The van der Waals surface area contributed by atoms with Crippen molar-refractivity contribution in [1.29, 1.82) is 0 Å². The Morgan fingerprint density at radius 1 is 0.848 bits per heavy atom. The molecule has 4 aromatic rings. The highest BCUT2D eigenvalue weighted by atomic mass is 35.5. The molecule has 2 atom stereocenters. The zero-order valence-electron chi connectivity index (χ0n) is 25.8. The Balaban J connectivity index is 1.85. The molecule has 0 heterocycles. The van der Waals surface area contributed by atoms with Gasteiger partial charge in [-0.2, -0.15) is 0 Å². The van der Waals surface area contributed by atoms with E-state index >= 15 is 0 Å². The van der Waals surface area contributed by atoms with E-state index in [0.29, 0.717) is 32.6 Å². The molecule has 0 saturated heterocycles. The van der Waals surface area contributed by atoms with E-state index in [4.69, 9.17) is 34.8 Å². The average Bonchev–Trinajstić information content (AvgIpc) is 3.03. The molecule has 242 valence electrons. The summed E-state index contributed by atoms with van der Waals surface area (Å²) in [5.41, 5.74) is 2.22. The van der Waals surface area contributed by atoms with Crippen molar-refractivity contribution in [2.24, 2.45) is 0 Å². The highest BCUT2D eigenvalue weighted by Crippen LogP contribution is 2.30. The molecule has 4 rings (SSSR count). The van der Waals surface area contributed by atoms with Gasteiger partial charge < -0.3 is 10.2 Å². The summed E-state index contributed by atoms with van der Waals surface area (Å²) >= 11 is 19.0. The van der Waals surface area contributed by atoms with Crippen LogP contribution in [-0.2, 0) is 32.6 Å². The second kappa shape index (κ2) is 15.8. The Labute approximate surface area is 286 Å². The lowest BCUT2D eigenvalue weighted by atomic mass is 10.0. The lowest BCUT2D eigenvalue weighted by Crippen LogP contribution is -2.54. The van der Waals surface area contributed by atoms with Gasteiger partial charge in [-0.3, -0.25) is 13.9 Å². The minimum absolute atomic E-state index is 0.0137. The van der Waals surface area contributed by atoms with Gasteiger partial charge in [0, 0.05) is 34.1 Å². The van der Waals surface area contributed by atoms with Crippen LogP contribution in [-0.4, -0.2) is 43.8 Å². The topological polar surface area (TPSA) is 86.8 Å². The Morgan fingerprint density at radius 2 is 1.46 bits per heavy atom. The maximum atomic E-state index is 14.6. The standard InChI is InChI=1S/C35H36Cl3N3O4S/c1-4-25(3)39-35(43)33(20-26-11-7-5-8-12-26)40(22-27-15-16-29(37)21-31(27)38)34(42)23-41(32-18-17-28(36)19-24(32)2)46(44,45)30-13-9-6-10-14-30/h5-19,21,25,33H,4,20,22-23H2,1-3H3,(H,39,43)/t25-,33+/m0/s1. The molecule has 0 fully saturated rings. The van der Waals surface area contributed by atoms with Gasteiger partial charge in [-0.1, -0.05) is 96.3 Å². The van der Waals surface area contributed by atoms with Crippen LogP contribution in [0.4, 0.5) is 5.69 Å². The summed E-state index contributed by atoms with van der Waals surface area (Å²) in [7, 11) is -4.23. The molecule has 1 N–H and O–H groups in total. The summed E-state index contributed by atoms with van der Waals surface area (Å²) in [5.74, 6) is -0.961. The van der Waals surface area contributed by atoms with E-state index in [1.54, 1.807) is 61.5 Å². The number of anilines is 1. The van der Waals surface area contributed by atoms with Crippen LogP contribution in [0.1, 0.15) is 37.0 Å². The van der Waals surface area contributed by atoms with E-state index in [-0.39, 0.29) is 35.5 Å². The maximum Gasteiger partial charge on any atom is 0.264 e. The van der Waals surface area contributed by atoms with Crippen LogP contribution in [0.25, 0.3) is 0 Å². The monoisotopic (exact) mass is 699 g/mol. The van der Waals surface area contributed by atoms with Gasteiger partial charge in [0.2, 0.25) is 11.8 Å². The number of carbonyl (C=O) groups is 2. The molecule has 0 aromatic heterocycles. The Hall–Kier alpha value is -3.56. The molecular formula is C35H36Cl3N3O4S. The summed E-state index contributed by atoms with van der Waals surface area (Å²) in [5, 5.41) is 4.17. The first-order chi connectivity index (χ1) is 21.9. The van der Waals surface area contributed by atoms with Crippen molar-refractivity contribution in [1.82, 2.24) is 10.2 Å². The van der Waals surface area contributed by atoms with Crippen LogP contribution < -0.4 is 9.62 Å². The molecule has 0 saturated carbocycles. The number of carbonyl (C=O) groups excluding carboxylic acids is 2. The van der Waals surface area contributed by atoms with Crippen molar-refractivity contribution >= 4 is 62.3 Å². The number of rotatable bonds is 13. The van der Waals surface area contributed by atoms with Crippen LogP contribution >= 0.6 is 34.8 Å². The molecule has 0 aliphatic rings. The number of benzene rings is 4. The van der Waals surface area contributed by atoms with Crippen molar-refractivity contribution in [3.05, 3.63) is 129 Å². The molecule has 0 radical (unpaired) electrons. The summed E-state index contributed by atoms with van der Waals surface area (Å²) < 4.78 is 29.4. The van der Waals surface area contributed by atoms with Crippen LogP contribution in [0, 0.1) is 6.92 Å². The predicted molar refractivity (Wildman–Crippen MR) is 186 cm³/mol. The van der Waals surface area contributed by atoms with Gasteiger partial charge >= 0.3 is 0 Å². The summed E-state index contributed by atoms with van der Waals surface area (Å²) in [6.07, 6.45) is 0.866. The van der Waals surface area contributed by atoms with Gasteiger partial charge in [0.15, 0.2) is 0 Å². The van der Waals surface area contributed by atoms with Gasteiger partial charge in [0.05, 0.1) is 10.6 Å². The zero-order valence-corrected chi connectivity index (χ0v) is 28.9. The number of amides is 2. The van der Waals surface area contributed by atoms with Crippen LogP contribution in [0.15, 0.2) is 102 Å². The first-order valence-corrected chi connectivity index (χ1v) is 17.4. The molecule has 0 aliphatic heterocycles. The third kappa shape index (κ3) is 8.82. The van der Waals surface area contributed by atoms with Crippen molar-refractivity contribution < 1.29 is 18.0 Å². The molecular weight excluding hydrogens is 665 g/mol. The normalized spacial score (nSPS) is 12.7. The zero-order chi connectivity index (χ0) is 33.4. The first-order valence-electron chi connectivity index (χ1n) is 14.8. The molecule has 0 spiro atoms. The number of hydrogen-bond acceptors (Lipinski definition) is 4. The van der Waals surface area contributed by atoms with E-state index in [1.165, 1.54) is 17.0 Å². The largest absolute Gasteiger partial charge is 0.352 e. The van der Waals surface area contributed by atoms with Crippen LogP contribution in [0.3, 0.4) is 0 Å². The molecule has 4 aromatic carbocycles. The first kappa shape index (κ1) is 35.3. The summed E-state index contributed by atoms with van der Waals surface area (Å²) in [4.78, 5) is 30.0. The molecule has 2 amide bonds. The molecule has 0 unspecified atom stereocenters. The number of sulfonamides is 1. The minimum Gasteiger partial charge on any atom is -0.352 e. The van der Waals surface area contributed by atoms with Crippen LogP contribution in [0.2, 0.25) is 15.1 Å². The number of aryl methyl sites for hydroxylation is 1. The Kier molecular flexibility index (Phi) is 12.1. The van der Waals surface area contributed by atoms with E-state index in [2.05, 4.69) is 5.32 Å². The van der Waals surface area contributed by atoms with Gasteiger partial charge in [0.1, 0.15) is 12.6 Å². The van der Waals surface area contributed by atoms with Crippen molar-refractivity contribution in [2.45, 2.75) is 57.1 Å². The van der Waals surface area contributed by atoms with Gasteiger partial charge in [0.25, 0.3) is 10.0 Å². The molecule has 11 heteroatoms. The van der Waals surface area contributed by atoms with Crippen molar-refractivity contribution in [3.8, 4) is 0 Å². The number of nitrogens with zero attached hydrogens (tertiary/aromatic N) is 2.